The average molecular weight is 693 g/mol. The van der Waals surface area contributed by atoms with Crippen LogP contribution in [0.15, 0.2) is 145 Å². The van der Waals surface area contributed by atoms with Crippen LogP contribution < -0.4 is 0 Å². The predicted octanol–water partition coefficient (Wildman–Crippen LogP) is 13.5. The van der Waals surface area contributed by atoms with Gasteiger partial charge in [-0.05, 0) is 105 Å². The number of benzene rings is 7. The van der Waals surface area contributed by atoms with Crippen LogP contribution in [0.1, 0.15) is 43.0 Å². The number of aromatic nitrogens is 1. The first-order chi connectivity index (χ1) is 25.1. The van der Waals surface area contributed by atoms with Gasteiger partial charge in [-0.15, -0.1) is 11.3 Å². The molecule has 3 nitrogen and oxygen atoms in total. The van der Waals surface area contributed by atoms with E-state index in [0.29, 0.717) is 5.56 Å². The third kappa shape index (κ3) is 6.42. The fourth-order valence-corrected chi connectivity index (χ4v) is 7.96. The summed E-state index contributed by atoms with van der Waals surface area (Å²) in [6.45, 7) is 10.8. The van der Waals surface area contributed by atoms with E-state index in [-0.39, 0.29) is 11.2 Å². The molecule has 254 valence electrons. The van der Waals surface area contributed by atoms with E-state index in [0.717, 1.165) is 54.3 Å². The zero-order valence-electron chi connectivity index (χ0n) is 30.1. The minimum atomic E-state index is -0.0437. The molecular weight excluding hydrogens is 653 g/mol. The summed E-state index contributed by atoms with van der Waals surface area (Å²) in [6.07, 6.45) is 1.76. The molecule has 0 aliphatic rings. The molecule has 0 spiro atoms. The van der Waals surface area contributed by atoms with Crippen LogP contribution in [-0.4, -0.2) is 16.3 Å². The Bertz CT molecular complexity index is 2640. The van der Waals surface area contributed by atoms with E-state index in [1.165, 1.54) is 33.0 Å². The van der Waals surface area contributed by atoms with E-state index in [1.54, 1.807) is 23.6 Å². The zero-order valence-corrected chi connectivity index (χ0v) is 30.9. The number of phenolic OH excluding ortho intramolecular Hbond substituents is 1. The molecule has 0 saturated carbocycles. The van der Waals surface area contributed by atoms with Gasteiger partial charge in [0.15, 0.2) is 0 Å². The molecule has 1 heterocycles. The van der Waals surface area contributed by atoms with Gasteiger partial charge in [-0.3, -0.25) is 4.99 Å². The third-order valence-electron chi connectivity index (χ3n) is 9.87. The summed E-state index contributed by atoms with van der Waals surface area (Å²) in [5.41, 5.74) is 14.1. The number of hydrogen-bond acceptors (Lipinski definition) is 4. The smallest absolute Gasteiger partial charge is 0.126 e. The first-order valence-electron chi connectivity index (χ1n) is 17.7. The van der Waals surface area contributed by atoms with Gasteiger partial charge in [0, 0.05) is 22.9 Å². The monoisotopic (exact) mass is 692 g/mol. The summed E-state index contributed by atoms with van der Waals surface area (Å²) < 4.78 is 1.11. The summed E-state index contributed by atoms with van der Waals surface area (Å²) in [5.74, 6) is 0.212. The number of aryl methyl sites for hydroxylation is 2. The molecule has 0 aliphatic carbocycles. The third-order valence-corrected chi connectivity index (χ3v) is 10.9. The molecule has 1 aromatic heterocycles. The number of fused-ring (bicyclic) bond motifs is 2. The summed E-state index contributed by atoms with van der Waals surface area (Å²) in [6, 6.07) is 49.1. The van der Waals surface area contributed by atoms with Gasteiger partial charge in [-0.1, -0.05) is 129 Å². The van der Waals surface area contributed by atoms with Crippen molar-refractivity contribution in [1.82, 2.24) is 4.98 Å². The Labute approximate surface area is 309 Å². The van der Waals surface area contributed by atoms with Crippen LogP contribution in [0.4, 0.5) is 5.69 Å². The molecule has 0 fully saturated rings. The molecule has 0 saturated heterocycles. The quantitative estimate of drug-likeness (QED) is 0.176. The molecule has 1 N–H and O–H groups in total. The number of para-hydroxylation sites is 1. The summed E-state index contributed by atoms with van der Waals surface area (Å²) >= 11 is 1.69. The number of nitrogens with zero attached hydrogens (tertiary/aromatic N) is 2. The largest absolute Gasteiger partial charge is 0.507 e. The van der Waals surface area contributed by atoms with Gasteiger partial charge in [0.1, 0.15) is 10.8 Å². The Morgan fingerprint density at radius 3 is 2.19 bits per heavy atom. The van der Waals surface area contributed by atoms with Gasteiger partial charge >= 0.3 is 0 Å². The second-order valence-electron chi connectivity index (χ2n) is 14.6. The lowest BCUT2D eigenvalue weighted by Gasteiger charge is -2.19. The fourth-order valence-electron chi connectivity index (χ4n) is 6.90. The van der Waals surface area contributed by atoms with E-state index in [9.17, 15) is 5.11 Å². The molecule has 8 aromatic rings. The van der Waals surface area contributed by atoms with Crippen molar-refractivity contribution in [3.05, 3.63) is 162 Å². The Hall–Kier alpha value is -5.84. The second kappa shape index (κ2) is 13.4. The average Bonchev–Trinajstić information content (AvgIpc) is 3.59. The lowest BCUT2D eigenvalue weighted by Crippen LogP contribution is -2.11. The minimum Gasteiger partial charge on any atom is -0.507 e. The second-order valence-corrected chi connectivity index (χ2v) is 15.6. The number of aliphatic imine (C=N–C) groups is 1. The van der Waals surface area contributed by atoms with Crippen molar-refractivity contribution in [2.45, 2.75) is 40.0 Å². The highest BCUT2D eigenvalue weighted by molar-refractivity contribution is 7.21. The summed E-state index contributed by atoms with van der Waals surface area (Å²) in [5, 5.41) is 14.0. The van der Waals surface area contributed by atoms with Crippen molar-refractivity contribution in [3.63, 3.8) is 0 Å². The maximum absolute atomic E-state index is 10.7. The van der Waals surface area contributed by atoms with Crippen molar-refractivity contribution >= 4 is 44.2 Å². The maximum atomic E-state index is 10.7. The summed E-state index contributed by atoms with van der Waals surface area (Å²) in [7, 11) is 0. The van der Waals surface area contributed by atoms with Gasteiger partial charge in [0.05, 0.1) is 15.9 Å². The molecule has 0 bridgehead atoms. The van der Waals surface area contributed by atoms with Gasteiger partial charge < -0.3 is 5.11 Å². The van der Waals surface area contributed by atoms with Crippen LogP contribution in [0.3, 0.4) is 0 Å². The van der Waals surface area contributed by atoms with E-state index in [1.807, 2.05) is 30.3 Å². The molecule has 0 amide bonds. The molecular formula is C48H40N2OS. The predicted molar refractivity (Wildman–Crippen MR) is 222 cm³/mol. The number of rotatable bonds is 6. The van der Waals surface area contributed by atoms with Crippen molar-refractivity contribution in [2.75, 3.05) is 0 Å². The Kier molecular flexibility index (Phi) is 8.57. The van der Waals surface area contributed by atoms with Gasteiger partial charge in [0.25, 0.3) is 0 Å². The molecule has 52 heavy (non-hydrogen) atoms. The van der Waals surface area contributed by atoms with Crippen LogP contribution in [-0.2, 0) is 5.41 Å². The Morgan fingerprint density at radius 1 is 0.635 bits per heavy atom. The van der Waals surface area contributed by atoms with Gasteiger partial charge in [-0.2, -0.15) is 0 Å². The molecule has 7 aromatic carbocycles. The van der Waals surface area contributed by atoms with E-state index in [4.69, 9.17) is 9.98 Å². The first kappa shape index (κ1) is 33.3. The highest BCUT2D eigenvalue weighted by atomic mass is 32.1. The molecule has 0 atom stereocenters. The van der Waals surface area contributed by atoms with Gasteiger partial charge in [-0.25, -0.2) is 4.98 Å². The van der Waals surface area contributed by atoms with Crippen LogP contribution in [0.2, 0.25) is 0 Å². The molecule has 0 unspecified atom stereocenters. The lowest BCUT2D eigenvalue weighted by atomic mass is 9.86. The standard InChI is InChI=1S/C48H40N2OS/c1-30-17-18-31(2)41(25-30)34-21-19-32(20-22-34)35-27-42(39-15-10-12-33-11-6-7-13-38(33)39)46-45(28-35)52-47(50-46)40-14-8-9-16-43(40)49-29-36-26-37(48(3,4)5)23-24-44(36)51/h6-29,51H,1-5H3. The SMILES string of the molecule is Cc1ccc(C)c(-c2ccc(-c3cc(-c4cccc5ccccc45)c4nc(-c5ccccc5N=Cc5cc(C(C)(C)C)ccc5O)sc4c3)cc2)c1. The molecule has 8 rings (SSSR count). The normalized spacial score (nSPS) is 11.9. The Balaban J connectivity index is 1.26. The van der Waals surface area contributed by atoms with E-state index < -0.39 is 0 Å². The Morgan fingerprint density at radius 2 is 1.37 bits per heavy atom. The first-order valence-corrected chi connectivity index (χ1v) is 18.5. The lowest BCUT2D eigenvalue weighted by molar-refractivity contribution is 0.473. The highest BCUT2D eigenvalue weighted by Gasteiger charge is 2.18. The van der Waals surface area contributed by atoms with Crippen molar-refractivity contribution < 1.29 is 5.11 Å². The molecule has 4 heteroatoms. The van der Waals surface area contributed by atoms with E-state index >= 15 is 0 Å². The summed E-state index contributed by atoms with van der Waals surface area (Å²) in [4.78, 5) is 10.3. The fraction of sp³-hybridized carbons (Fsp3) is 0.125. The van der Waals surface area contributed by atoms with Crippen molar-refractivity contribution in [2.24, 2.45) is 4.99 Å². The number of phenols is 1. The van der Waals surface area contributed by atoms with Crippen LogP contribution in [0.5, 0.6) is 5.75 Å². The molecule has 0 aliphatic heterocycles. The van der Waals surface area contributed by atoms with Crippen molar-refractivity contribution in [3.8, 4) is 49.7 Å². The van der Waals surface area contributed by atoms with Crippen molar-refractivity contribution in [1.29, 1.82) is 0 Å². The van der Waals surface area contributed by atoms with Crippen LogP contribution >= 0.6 is 11.3 Å². The van der Waals surface area contributed by atoms with Gasteiger partial charge in [0.2, 0.25) is 0 Å². The van der Waals surface area contributed by atoms with Crippen LogP contribution in [0, 0.1) is 13.8 Å². The maximum Gasteiger partial charge on any atom is 0.126 e. The topological polar surface area (TPSA) is 45.5 Å². The number of hydrogen-bond donors (Lipinski definition) is 1. The zero-order chi connectivity index (χ0) is 36.0. The molecule has 0 radical (unpaired) electrons. The van der Waals surface area contributed by atoms with Crippen LogP contribution in [0.25, 0.3) is 64.9 Å². The van der Waals surface area contributed by atoms with E-state index in [2.05, 4.69) is 138 Å². The minimum absolute atomic E-state index is 0.0437. The number of thiazole rings is 1. The number of aromatic hydroxyl groups is 1. The highest BCUT2D eigenvalue weighted by Crippen LogP contribution is 2.43.